The molecular weight excluding hydrogens is 276 g/mol. The lowest BCUT2D eigenvalue weighted by Crippen LogP contribution is -2.20. The minimum Gasteiger partial charge on any atom is -0.397 e. The predicted octanol–water partition coefficient (Wildman–Crippen LogP) is 3.44. The SMILES string of the molecule is N#Cc1cccc(NC(=O)Nc2cc(Cl)ccc2N)c1. The van der Waals surface area contributed by atoms with Gasteiger partial charge in [-0.2, -0.15) is 5.26 Å². The lowest BCUT2D eigenvalue weighted by atomic mass is 10.2. The van der Waals surface area contributed by atoms with Crippen LogP contribution in [0.15, 0.2) is 42.5 Å². The van der Waals surface area contributed by atoms with Crippen LogP contribution in [0.25, 0.3) is 0 Å². The van der Waals surface area contributed by atoms with Crippen LogP contribution in [-0.2, 0) is 0 Å². The van der Waals surface area contributed by atoms with Crippen molar-refractivity contribution in [1.29, 1.82) is 5.26 Å². The molecule has 2 rings (SSSR count). The van der Waals surface area contributed by atoms with Crippen LogP contribution in [0.3, 0.4) is 0 Å². The Bertz CT molecular complexity index is 694. The number of anilines is 3. The van der Waals surface area contributed by atoms with E-state index < -0.39 is 6.03 Å². The molecule has 0 fully saturated rings. The van der Waals surface area contributed by atoms with E-state index in [4.69, 9.17) is 22.6 Å². The fraction of sp³-hybridized carbons (Fsp3) is 0. The molecule has 2 amide bonds. The molecule has 4 N–H and O–H groups in total. The Morgan fingerprint density at radius 1 is 1.20 bits per heavy atom. The third-order valence-electron chi connectivity index (χ3n) is 2.51. The largest absolute Gasteiger partial charge is 0.397 e. The first kappa shape index (κ1) is 13.7. The first-order valence-electron chi connectivity index (χ1n) is 5.71. The first-order valence-corrected chi connectivity index (χ1v) is 6.09. The van der Waals surface area contributed by atoms with Crippen molar-refractivity contribution in [1.82, 2.24) is 0 Å². The summed E-state index contributed by atoms with van der Waals surface area (Å²) in [4.78, 5) is 11.8. The number of nitriles is 1. The van der Waals surface area contributed by atoms with Crippen molar-refractivity contribution < 1.29 is 4.79 Å². The van der Waals surface area contributed by atoms with Crippen molar-refractivity contribution in [3.8, 4) is 6.07 Å². The molecule has 0 aromatic heterocycles. The fourth-order valence-corrected chi connectivity index (χ4v) is 1.76. The molecular formula is C14H11ClN4O. The summed E-state index contributed by atoms with van der Waals surface area (Å²) in [6.07, 6.45) is 0. The number of benzene rings is 2. The van der Waals surface area contributed by atoms with Gasteiger partial charge in [0.1, 0.15) is 0 Å². The van der Waals surface area contributed by atoms with Gasteiger partial charge in [-0.25, -0.2) is 4.79 Å². The number of hydrogen-bond donors (Lipinski definition) is 3. The number of carbonyl (C=O) groups excluding carboxylic acids is 1. The van der Waals surface area contributed by atoms with Gasteiger partial charge in [-0.1, -0.05) is 17.7 Å². The van der Waals surface area contributed by atoms with E-state index in [9.17, 15) is 4.79 Å². The van der Waals surface area contributed by atoms with Crippen LogP contribution >= 0.6 is 11.6 Å². The first-order chi connectivity index (χ1) is 9.58. The van der Waals surface area contributed by atoms with Crippen LogP contribution < -0.4 is 16.4 Å². The molecule has 0 atom stereocenters. The van der Waals surface area contributed by atoms with Gasteiger partial charge in [0.2, 0.25) is 0 Å². The molecule has 5 nitrogen and oxygen atoms in total. The molecule has 20 heavy (non-hydrogen) atoms. The molecule has 0 spiro atoms. The molecule has 100 valence electrons. The van der Waals surface area contributed by atoms with Gasteiger partial charge in [0.15, 0.2) is 0 Å². The summed E-state index contributed by atoms with van der Waals surface area (Å²) in [5, 5.41) is 14.5. The van der Waals surface area contributed by atoms with Gasteiger partial charge in [-0.15, -0.1) is 0 Å². The van der Waals surface area contributed by atoms with E-state index in [0.29, 0.717) is 27.6 Å². The van der Waals surface area contributed by atoms with Gasteiger partial charge < -0.3 is 16.4 Å². The number of hydrogen-bond acceptors (Lipinski definition) is 3. The summed E-state index contributed by atoms with van der Waals surface area (Å²) in [5.74, 6) is 0. The topological polar surface area (TPSA) is 90.9 Å². The Labute approximate surface area is 121 Å². The van der Waals surface area contributed by atoms with E-state index in [-0.39, 0.29) is 0 Å². The normalized spacial score (nSPS) is 9.60. The number of rotatable bonds is 2. The summed E-state index contributed by atoms with van der Waals surface area (Å²) >= 11 is 5.84. The molecule has 0 saturated heterocycles. The zero-order chi connectivity index (χ0) is 14.5. The number of nitrogen functional groups attached to an aromatic ring is 1. The van der Waals surface area contributed by atoms with Gasteiger partial charge in [-0.3, -0.25) is 0 Å². The third-order valence-corrected chi connectivity index (χ3v) is 2.75. The van der Waals surface area contributed by atoms with E-state index >= 15 is 0 Å². The Balaban J connectivity index is 2.09. The average Bonchev–Trinajstić information content (AvgIpc) is 2.43. The van der Waals surface area contributed by atoms with Gasteiger partial charge >= 0.3 is 6.03 Å². The van der Waals surface area contributed by atoms with Crippen LogP contribution in [0.2, 0.25) is 5.02 Å². The minimum atomic E-state index is -0.464. The number of amides is 2. The molecule has 0 aliphatic rings. The molecule has 0 bridgehead atoms. The highest BCUT2D eigenvalue weighted by molar-refractivity contribution is 6.31. The number of carbonyl (C=O) groups is 1. The van der Waals surface area contributed by atoms with E-state index in [1.54, 1.807) is 42.5 Å². The number of nitrogens with one attached hydrogen (secondary N) is 2. The lowest BCUT2D eigenvalue weighted by Gasteiger charge is -2.10. The highest BCUT2D eigenvalue weighted by Gasteiger charge is 2.06. The smallest absolute Gasteiger partial charge is 0.323 e. The number of nitrogens with two attached hydrogens (primary N) is 1. The molecule has 0 saturated carbocycles. The minimum absolute atomic E-state index is 0.412. The maximum atomic E-state index is 11.8. The van der Waals surface area contributed by atoms with Crippen molar-refractivity contribution in [3.05, 3.63) is 53.1 Å². The van der Waals surface area contributed by atoms with Crippen LogP contribution in [-0.4, -0.2) is 6.03 Å². The average molecular weight is 287 g/mol. The lowest BCUT2D eigenvalue weighted by molar-refractivity contribution is 0.262. The Morgan fingerprint density at radius 2 is 2.00 bits per heavy atom. The molecule has 0 radical (unpaired) electrons. The van der Waals surface area contributed by atoms with Gasteiger partial charge in [0.25, 0.3) is 0 Å². The number of urea groups is 1. The zero-order valence-corrected chi connectivity index (χ0v) is 11.1. The molecule has 0 heterocycles. The van der Waals surface area contributed by atoms with Crippen LogP contribution in [0, 0.1) is 11.3 Å². The van der Waals surface area contributed by atoms with E-state index in [1.165, 1.54) is 0 Å². The third kappa shape index (κ3) is 3.40. The van der Waals surface area contributed by atoms with Crippen molar-refractivity contribution in [3.63, 3.8) is 0 Å². The molecule has 2 aromatic rings. The summed E-state index contributed by atoms with van der Waals surface area (Å²) in [5.41, 5.74) is 7.55. The molecule has 0 aliphatic carbocycles. The second-order valence-corrected chi connectivity index (χ2v) is 4.44. The second kappa shape index (κ2) is 5.95. The maximum absolute atomic E-state index is 11.8. The zero-order valence-electron chi connectivity index (χ0n) is 10.4. The van der Waals surface area contributed by atoms with Gasteiger partial charge in [-0.05, 0) is 36.4 Å². The summed E-state index contributed by atoms with van der Waals surface area (Å²) < 4.78 is 0. The van der Waals surface area contributed by atoms with Gasteiger partial charge in [0, 0.05) is 10.7 Å². The standard InChI is InChI=1S/C14H11ClN4O/c15-10-4-5-12(17)13(7-10)19-14(20)18-11-3-1-2-9(6-11)8-16/h1-7H,17H2,(H2,18,19,20). The Hall–Kier alpha value is -2.71. The Kier molecular flexibility index (Phi) is 4.08. The highest BCUT2D eigenvalue weighted by atomic mass is 35.5. The molecule has 0 aliphatic heterocycles. The molecule has 2 aromatic carbocycles. The van der Waals surface area contributed by atoms with Crippen LogP contribution in [0.5, 0.6) is 0 Å². The number of nitrogens with zero attached hydrogens (tertiary/aromatic N) is 1. The quantitative estimate of drug-likeness (QED) is 0.739. The summed E-state index contributed by atoms with van der Waals surface area (Å²) in [7, 11) is 0. The van der Waals surface area contributed by atoms with E-state index in [0.717, 1.165) is 0 Å². The van der Waals surface area contributed by atoms with Crippen molar-refractivity contribution in [2.24, 2.45) is 0 Å². The summed E-state index contributed by atoms with van der Waals surface area (Å²) in [6, 6.07) is 12.9. The summed E-state index contributed by atoms with van der Waals surface area (Å²) in [6.45, 7) is 0. The maximum Gasteiger partial charge on any atom is 0.323 e. The highest BCUT2D eigenvalue weighted by Crippen LogP contribution is 2.23. The molecule has 0 unspecified atom stereocenters. The van der Waals surface area contributed by atoms with E-state index in [2.05, 4.69) is 10.6 Å². The Morgan fingerprint density at radius 3 is 2.75 bits per heavy atom. The predicted molar refractivity (Wildman–Crippen MR) is 79.7 cm³/mol. The van der Waals surface area contributed by atoms with Crippen molar-refractivity contribution in [2.75, 3.05) is 16.4 Å². The second-order valence-electron chi connectivity index (χ2n) is 4.00. The van der Waals surface area contributed by atoms with E-state index in [1.807, 2.05) is 6.07 Å². The van der Waals surface area contributed by atoms with Gasteiger partial charge in [0.05, 0.1) is 23.0 Å². The molecule has 6 heteroatoms. The number of halogens is 1. The van der Waals surface area contributed by atoms with Crippen molar-refractivity contribution in [2.45, 2.75) is 0 Å². The van der Waals surface area contributed by atoms with Crippen molar-refractivity contribution >= 4 is 34.7 Å². The monoisotopic (exact) mass is 286 g/mol. The van der Waals surface area contributed by atoms with Crippen LogP contribution in [0.1, 0.15) is 5.56 Å². The van der Waals surface area contributed by atoms with Crippen LogP contribution in [0.4, 0.5) is 21.9 Å². The fourth-order valence-electron chi connectivity index (χ4n) is 1.59.